The second-order valence-electron chi connectivity index (χ2n) is 6.46. The van der Waals surface area contributed by atoms with E-state index in [0.29, 0.717) is 47.3 Å². The summed E-state index contributed by atoms with van der Waals surface area (Å²) in [5.41, 5.74) is 1.21. The fourth-order valence-electron chi connectivity index (χ4n) is 2.84. The minimum Gasteiger partial charge on any atom is -0.497 e. The molecule has 3 rings (SSSR count). The molecule has 0 amide bonds. The van der Waals surface area contributed by atoms with Gasteiger partial charge in [-0.05, 0) is 61.5 Å². The lowest BCUT2D eigenvalue weighted by molar-refractivity contribution is -0.131. The number of aromatic nitrogens is 2. The minimum absolute atomic E-state index is 0.0000288. The molecule has 1 aromatic heterocycles. The van der Waals surface area contributed by atoms with E-state index in [2.05, 4.69) is 10.2 Å². The first-order chi connectivity index (χ1) is 16.0. The van der Waals surface area contributed by atoms with Gasteiger partial charge in [-0.1, -0.05) is 6.07 Å². The maximum Gasteiger partial charge on any atom is 0.342 e. The van der Waals surface area contributed by atoms with Crippen molar-refractivity contribution in [3.8, 4) is 34.5 Å². The highest BCUT2D eigenvalue weighted by Crippen LogP contribution is 2.34. The molecule has 0 radical (unpaired) electrons. The van der Waals surface area contributed by atoms with Gasteiger partial charge in [0.25, 0.3) is 5.22 Å². The number of carboxylic acids is 1. The maximum absolute atomic E-state index is 11.9. The van der Waals surface area contributed by atoms with Crippen molar-refractivity contribution in [3.63, 3.8) is 0 Å². The van der Waals surface area contributed by atoms with Crippen LogP contribution in [0.2, 0.25) is 0 Å². The molecule has 33 heavy (non-hydrogen) atoms. The molecule has 0 bridgehead atoms. The number of nitrogens with zero attached hydrogens (tertiary/aromatic N) is 2. The van der Waals surface area contributed by atoms with Crippen LogP contribution in [-0.4, -0.2) is 48.7 Å². The molecule has 0 fully saturated rings. The summed E-state index contributed by atoms with van der Waals surface area (Å²) in [5, 5.41) is 17.8. The molecule has 174 valence electrons. The summed E-state index contributed by atoms with van der Waals surface area (Å²) in [6, 6.07) is 10.4. The van der Waals surface area contributed by atoms with Crippen molar-refractivity contribution in [3.05, 3.63) is 46.9 Å². The molecule has 3 aromatic rings. The third-order valence-corrected chi connectivity index (χ3v) is 5.13. The van der Waals surface area contributed by atoms with Crippen LogP contribution in [0.5, 0.6) is 23.0 Å². The molecule has 1 heterocycles. The fourth-order valence-corrected chi connectivity index (χ4v) is 3.51. The summed E-state index contributed by atoms with van der Waals surface area (Å²) in [4.78, 5) is 11.9. The van der Waals surface area contributed by atoms with Crippen LogP contribution in [0.3, 0.4) is 0 Å². The first-order valence-corrected chi connectivity index (χ1v) is 10.9. The maximum atomic E-state index is 11.9. The van der Waals surface area contributed by atoms with E-state index in [-0.39, 0.29) is 16.0 Å². The van der Waals surface area contributed by atoms with Crippen LogP contribution in [0.15, 0.2) is 50.9 Å². The van der Waals surface area contributed by atoms with E-state index in [1.165, 1.54) is 20.3 Å². The number of carboxylic acid groups (broad SMARTS) is 1. The van der Waals surface area contributed by atoms with Crippen LogP contribution < -0.4 is 18.9 Å². The number of hydrogen-bond acceptors (Lipinski definition) is 9. The summed E-state index contributed by atoms with van der Waals surface area (Å²) in [7, 11) is 3.07. The van der Waals surface area contributed by atoms with Crippen molar-refractivity contribution < 1.29 is 33.3 Å². The number of hydrogen-bond donors (Lipinski definition) is 1. The Kier molecular flexibility index (Phi) is 8.20. The number of rotatable bonds is 11. The number of methoxy groups -OCH3 is 2. The van der Waals surface area contributed by atoms with Gasteiger partial charge in [-0.3, -0.25) is 0 Å². The molecule has 0 atom stereocenters. The second kappa shape index (κ2) is 11.3. The molecule has 0 saturated carbocycles. The zero-order valence-corrected chi connectivity index (χ0v) is 19.5. The van der Waals surface area contributed by atoms with Crippen molar-refractivity contribution in [2.45, 2.75) is 19.1 Å². The standard InChI is InChI=1S/C23H24N2O7S/c1-5-30-18-8-7-14(9-19(18)31-6-2)10-20(22(26)27)33-23-25-24-21(32-23)15-11-16(28-3)13-17(12-15)29-4/h7-13H,5-6H2,1-4H3,(H,26,27)/b20-10-. The number of ether oxygens (including phenoxy) is 4. The third-order valence-electron chi connectivity index (χ3n) is 4.28. The molecule has 9 nitrogen and oxygen atoms in total. The van der Waals surface area contributed by atoms with E-state index >= 15 is 0 Å². The van der Waals surface area contributed by atoms with Crippen LogP contribution in [0.25, 0.3) is 17.5 Å². The largest absolute Gasteiger partial charge is 0.497 e. The van der Waals surface area contributed by atoms with Crippen molar-refractivity contribution in [1.29, 1.82) is 0 Å². The molecule has 10 heteroatoms. The average Bonchev–Trinajstić information content (AvgIpc) is 3.29. The van der Waals surface area contributed by atoms with Crippen molar-refractivity contribution in [1.82, 2.24) is 10.2 Å². The van der Waals surface area contributed by atoms with Gasteiger partial charge in [0.1, 0.15) is 16.4 Å². The quantitative estimate of drug-likeness (QED) is 0.309. The van der Waals surface area contributed by atoms with Gasteiger partial charge >= 0.3 is 5.97 Å². The van der Waals surface area contributed by atoms with Gasteiger partial charge < -0.3 is 28.5 Å². The number of thioether (sulfide) groups is 1. The Labute approximate surface area is 195 Å². The van der Waals surface area contributed by atoms with Gasteiger partial charge in [0.2, 0.25) is 5.89 Å². The molecule has 0 aliphatic rings. The van der Waals surface area contributed by atoms with Crippen LogP contribution in [-0.2, 0) is 4.79 Å². The van der Waals surface area contributed by atoms with Gasteiger partial charge in [0, 0.05) is 11.6 Å². The Morgan fingerprint density at radius 1 is 1.00 bits per heavy atom. The van der Waals surface area contributed by atoms with Crippen LogP contribution >= 0.6 is 11.8 Å². The zero-order valence-electron chi connectivity index (χ0n) is 18.7. The van der Waals surface area contributed by atoms with Gasteiger partial charge in [-0.2, -0.15) is 0 Å². The van der Waals surface area contributed by atoms with E-state index in [4.69, 9.17) is 23.4 Å². The molecule has 0 aliphatic heterocycles. The summed E-state index contributed by atoms with van der Waals surface area (Å²) in [6.45, 7) is 4.68. The molecule has 1 N–H and O–H groups in total. The van der Waals surface area contributed by atoms with Gasteiger partial charge in [-0.25, -0.2) is 4.79 Å². The number of carbonyl (C=O) groups is 1. The lowest BCUT2D eigenvalue weighted by Crippen LogP contribution is -1.99. The lowest BCUT2D eigenvalue weighted by Gasteiger charge is -2.11. The monoisotopic (exact) mass is 472 g/mol. The highest BCUT2D eigenvalue weighted by atomic mass is 32.2. The van der Waals surface area contributed by atoms with Crippen LogP contribution in [0.1, 0.15) is 19.4 Å². The zero-order chi connectivity index (χ0) is 23.8. The first kappa shape index (κ1) is 24.0. The Morgan fingerprint density at radius 2 is 1.67 bits per heavy atom. The minimum atomic E-state index is -1.13. The molecule has 0 saturated heterocycles. The van der Waals surface area contributed by atoms with Crippen LogP contribution in [0, 0.1) is 0 Å². The highest BCUT2D eigenvalue weighted by molar-refractivity contribution is 8.03. The molecular formula is C23H24N2O7S. The van der Waals surface area contributed by atoms with Crippen molar-refractivity contribution >= 4 is 23.8 Å². The fraction of sp³-hybridized carbons (Fsp3) is 0.261. The summed E-state index contributed by atoms with van der Waals surface area (Å²) >= 11 is 0.847. The number of benzene rings is 2. The summed E-state index contributed by atoms with van der Waals surface area (Å²) < 4.78 is 27.4. The van der Waals surface area contributed by atoms with E-state index < -0.39 is 5.97 Å². The van der Waals surface area contributed by atoms with E-state index in [1.807, 2.05) is 13.8 Å². The molecule has 0 unspecified atom stereocenters. The molecule has 0 aliphatic carbocycles. The van der Waals surface area contributed by atoms with Crippen LogP contribution in [0.4, 0.5) is 0 Å². The number of aliphatic carboxylic acids is 1. The Bertz CT molecular complexity index is 1120. The Morgan fingerprint density at radius 3 is 2.27 bits per heavy atom. The predicted octanol–water partition coefficient (Wildman–Crippen LogP) is 4.77. The Balaban J connectivity index is 1.87. The van der Waals surface area contributed by atoms with E-state index in [1.54, 1.807) is 36.4 Å². The normalized spacial score (nSPS) is 11.2. The van der Waals surface area contributed by atoms with Crippen molar-refractivity contribution in [2.24, 2.45) is 0 Å². The van der Waals surface area contributed by atoms with Crippen molar-refractivity contribution in [2.75, 3.05) is 27.4 Å². The molecular weight excluding hydrogens is 448 g/mol. The third kappa shape index (κ3) is 6.19. The Hall–Kier alpha value is -3.66. The SMILES string of the molecule is CCOc1ccc(/C=C(\Sc2nnc(-c3cc(OC)cc(OC)c3)o2)C(=O)O)cc1OCC. The van der Waals surface area contributed by atoms with Gasteiger partial charge in [-0.15, -0.1) is 10.2 Å². The first-order valence-electron chi connectivity index (χ1n) is 10.1. The lowest BCUT2D eigenvalue weighted by atomic mass is 10.2. The highest BCUT2D eigenvalue weighted by Gasteiger charge is 2.17. The van der Waals surface area contributed by atoms with E-state index in [9.17, 15) is 9.90 Å². The van der Waals surface area contributed by atoms with Gasteiger partial charge in [0.05, 0.1) is 27.4 Å². The predicted molar refractivity (Wildman–Crippen MR) is 123 cm³/mol. The summed E-state index contributed by atoms with van der Waals surface area (Å²) in [6.07, 6.45) is 1.50. The smallest absolute Gasteiger partial charge is 0.342 e. The molecule has 2 aromatic carbocycles. The summed E-state index contributed by atoms with van der Waals surface area (Å²) in [5.74, 6) is 1.33. The second-order valence-corrected chi connectivity index (χ2v) is 7.46. The van der Waals surface area contributed by atoms with Gasteiger partial charge in [0.15, 0.2) is 11.5 Å². The topological polar surface area (TPSA) is 113 Å². The van der Waals surface area contributed by atoms with E-state index in [0.717, 1.165) is 11.8 Å². The average molecular weight is 473 g/mol. The molecule has 0 spiro atoms.